The van der Waals surface area contributed by atoms with Crippen molar-refractivity contribution in [1.82, 2.24) is 15.1 Å². The molecule has 2 aromatic heterocycles. The summed E-state index contributed by atoms with van der Waals surface area (Å²) in [7, 11) is 1.57. The molecule has 1 N–H and O–H groups in total. The Labute approximate surface area is 174 Å². The lowest BCUT2D eigenvalue weighted by Crippen LogP contribution is -2.65. The second-order valence-corrected chi connectivity index (χ2v) is 7.50. The number of furan rings is 1. The van der Waals surface area contributed by atoms with E-state index >= 15 is 0 Å². The Bertz CT molecular complexity index is 1070. The van der Waals surface area contributed by atoms with Crippen LogP contribution in [0.4, 0.5) is 5.69 Å². The van der Waals surface area contributed by atoms with Crippen molar-refractivity contribution in [2.45, 2.75) is 25.9 Å². The summed E-state index contributed by atoms with van der Waals surface area (Å²) in [5, 5.41) is 7.42. The maximum absolute atomic E-state index is 13.6. The Morgan fingerprint density at radius 3 is 2.80 bits per heavy atom. The Hall–Kier alpha value is -3.39. The summed E-state index contributed by atoms with van der Waals surface area (Å²) in [6, 6.07) is 12.8. The quantitative estimate of drug-likeness (QED) is 0.634. The van der Waals surface area contributed by atoms with Crippen molar-refractivity contribution in [3.63, 3.8) is 0 Å². The lowest BCUT2D eigenvalue weighted by atomic mass is 9.93. The Morgan fingerprint density at radius 1 is 1.30 bits per heavy atom. The van der Waals surface area contributed by atoms with Gasteiger partial charge in [-0.05, 0) is 37.6 Å². The third kappa shape index (κ3) is 3.29. The molecular weight excluding hydrogens is 384 g/mol. The zero-order chi connectivity index (χ0) is 21.3. The fourth-order valence-corrected chi connectivity index (χ4v) is 3.78. The predicted octanol–water partition coefficient (Wildman–Crippen LogP) is 2.63. The molecule has 8 nitrogen and oxygen atoms in total. The average Bonchev–Trinajstić information content (AvgIpc) is 3.39. The van der Waals surface area contributed by atoms with Crippen molar-refractivity contribution in [1.29, 1.82) is 0 Å². The fraction of sp³-hybridized carbons (Fsp3) is 0.318. The van der Waals surface area contributed by atoms with Gasteiger partial charge in [-0.3, -0.25) is 19.2 Å². The molecule has 0 spiro atoms. The van der Waals surface area contributed by atoms with Crippen LogP contribution in [0.1, 0.15) is 23.0 Å². The van der Waals surface area contributed by atoms with Gasteiger partial charge < -0.3 is 14.5 Å². The van der Waals surface area contributed by atoms with Crippen LogP contribution in [0.5, 0.6) is 0 Å². The van der Waals surface area contributed by atoms with Crippen LogP contribution < -0.4 is 10.2 Å². The number of nitrogens with zero attached hydrogens (tertiary/aromatic N) is 3. The number of benzene rings is 1. The minimum atomic E-state index is -1.17. The second kappa shape index (κ2) is 7.79. The first-order valence-electron chi connectivity index (χ1n) is 9.75. The van der Waals surface area contributed by atoms with Crippen LogP contribution in [0.25, 0.3) is 11.5 Å². The van der Waals surface area contributed by atoms with Gasteiger partial charge in [-0.15, -0.1) is 0 Å². The van der Waals surface area contributed by atoms with E-state index in [4.69, 9.17) is 9.15 Å². The molecule has 1 aliphatic heterocycles. The Kier molecular flexibility index (Phi) is 5.17. The van der Waals surface area contributed by atoms with E-state index in [-0.39, 0.29) is 18.4 Å². The van der Waals surface area contributed by atoms with Gasteiger partial charge in [0.05, 0.1) is 19.4 Å². The van der Waals surface area contributed by atoms with Gasteiger partial charge in [0, 0.05) is 25.4 Å². The molecule has 1 aromatic carbocycles. The van der Waals surface area contributed by atoms with E-state index in [0.29, 0.717) is 36.0 Å². The third-order valence-corrected chi connectivity index (χ3v) is 5.36. The summed E-state index contributed by atoms with van der Waals surface area (Å²) in [5.74, 6) is 0.0143. The number of aryl methyl sites for hydroxylation is 1. The summed E-state index contributed by atoms with van der Waals surface area (Å²) in [6.07, 6.45) is 1.56. The molecule has 0 unspecified atom stereocenters. The number of methoxy groups -OCH3 is 1. The van der Waals surface area contributed by atoms with Crippen molar-refractivity contribution in [3.8, 4) is 11.5 Å². The number of rotatable bonds is 6. The smallest absolute Gasteiger partial charge is 0.277 e. The lowest BCUT2D eigenvalue weighted by Gasteiger charge is -2.43. The standard InChI is InChI=1S/C22H24N4O4/c1-15-7-4-5-8-17(15)26-20(27)18-13-16(19-9-6-11-30-19)24-25(18)14-22(26,2)21(28)23-10-12-29-3/h4-9,11,13H,10,12,14H2,1-3H3,(H,23,28)/t22-/m1/s1. The highest BCUT2D eigenvalue weighted by atomic mass is 16.5. The largest absolute Gasteiger partial charge is 0.463 e. The molecule has 0 fully saturated rings. The highest BCUT2D eigenvalue weighted by molar-refractivity contribution is 6.12. The molecule has 1 atom stereocenters. The molecule has 0 bridgehead atoms. The van der Waals surface area contributed by atoms with Crippen molar-refractivity contribution in [3.05, 3.63) is 60.0 Å². The molecule has 0 aliphatic carbocycles. The number of amides is 2. The number of hydrogen-bond donors (Lipinski definition) is 1. The molecule has 4 rings (SSSR count). The number of carbonyl (C=O) groups is 2. The summed E-state index contributed by atoms with van der Waals surface area (Å²) in [5.41, 5.74) is 1.39. The third-order valence-electron chi connectivity index (χ3n) is 5.36. The summed E-state index contributed by atoms with van der Waals surface area (Å²) in [6.45, 7) is 4.63. The number of fused-ring (bicyclic) bond motifs is 1. The van der Waals surface area contributed by atoms with Crippen LogP contribution >= 0.6 is 0 Å². The highest BCUT2D eigenvalue weighted by Gasteiger charge is 2.49. The van der Waals surface area contributed by atoms with Gasteiger partial charge in [-0.25, -0.2) is 0 Å². The molecule has 1 aliphatic rings. The van der Waals surface area contributed by atoms with Gasteiger partial charge in [0.15, 0.2) is 5.76 Å². The fourth-order valence-electron chi connectivity index (χ4n) is 3.78. The maximum atomic E-state index is 13.6. The molecule has 30 heavy (non-hydrogen) atoms. The number of para-hydroxylation sites is 1. The minimum absolute atomic E-state index is 0.210. The van der Waals surface area contributed by atoms with Gasteiger partial charge in [-0.2, -0.15) is 5.10 Å². The molecule has 0 radical (unpaired) electrons. The first-order chi connectivity index (χ1) is 14.5. The van der Waals surface area contributed by atoms with Crippen LogP contribution in [0.3, 0.4) is 0 Å². The lowest BCUT2D eigenvalue weighted by molar-refractivity contribution is -0.126. The Balaban J connectivity index is 1.80. The number of nitrogens with one attached hydrogen (secondary N) is 1. The second-order valence-electron chi connectivity index (χ2n) is 7.50. The van der Waals surface area contributed by atoms with E-state index < -0.39 is 5.54 Å². The van der Waals surface area contributed by atoms with Crippen molar-refractivity contribution >= 4 is 17.5 Å². The van der Waals surface area contributed by atoms with Crippen molar-refractivity contribution in [2.75, 3.05) is 25.2 Å². The first kappa shape index (κ1) is 19.9. The van der Waals surface area contributed by atoms with E-state index in [9.17, 15) is 9.59 Å². The van der Waals surface area contributed by atoms with Crippen LogP contribution in [0, 0.1) is 6.92 Å². The predicted molar refractivity (Wildman–Crippen MR) is 111 cm³/mol. The van der Waals surface area contributed by atoms with E-state index in [1.807, 2.05) is 31.2 Å². The summed E-state index contributed by atoms with van der Waals surface area (Å²) < 4.78 is 12.1. The van der Waals surface area contributed by atoms with E-state index in [1.54, 1.807) is 48.1 Å². The topological polar surface area (TPSA) is 89.6 Å². The number of carbonyl (C=O) groups excluding carboxylic acids is 2. The van der Waals surface area contributed by atoms with Gasteiger partial charge in [0.2, 0.25) is 5.91 Å². The molecule has 8 heteroatoms. The number of ether oxygens (including phenoxy) is 1. The SMILES string of the molecule is COCCNC(=O)[C@@]1(C)Cn2nc(-c3ccco3)cc2C(=O)N1c1ccccc1C. The zero-order valence-electron chi connectivity index (χ0n) is 17.2. The van der Waals surface area contributed by atoms with E-state index in [2.05, 4.69) is 10.4 Å². The molecule has 3 aromatic rings. The van der Waals surface area contributed by atoms with E-state index in [1.165, 1.54) is 0 Å². The van der Waals surface area contributed by atoms with Gasteiger partial charge in [-0.1, -0.05) is 18.2 Å². The maximum Gasteiger partial charge on any atom is 0.277 e. The zero-order valence-corrected chi connectivity index (χ0v) is 17.2. The first-order valence-corrected chi connectivity index (χ1v) is 9.75. The summed E-state index contributed by atoms with van der Waals surface area (Å²) in [4.78, 5) is 28.5. The summed E-state index contributed by atoms with van der Waals surface area (Å²) >= 11 is 0. The minimum Gasteiger partial charge on any atom is -0.463 e. The molecular formula is C22H24N4O4. The van der Waals surface area contributed by atoms with Crippen molar-refractivity contribution in [2.24, 2.45) is 0 Å². The van der Waals surface area contributed by atoms with E-state index in [0.717, 1.165) is 5.56 Å². The van der Waals surface area contributed by atoms with Gasteiger partial charge >= 0.3 is 0 Å². The normalized spacial score (nSPS) is 18.4. The van der Waals surface area contributed by atoms with Crippen molar-refractivity contribution < 1.29 is 18.7 Å². The molecule has 0 saturated heterocycles. The highest BCUT2D eigenvalue weighted by Crippen LogP contribution is 2.35. The average molecular weight is 408 g/mol. The Morgan fingerprint density at radius 2 is 2.10 bits per heavy atom. The van der Waals surface area contributed by atoms with Gasteiger partial charge in [0.25, 0.3) is 5.91 Å². The van der Waals surface area contributed by atoms with Crippen LogP contribution in [0.2, 0.25) is 0 Å². The molecule has 2 amide bonds. The molecule has 0 saturated carbocycles. The molecule has 156 valence electrons. The number of anilines is 1. The monoisotopic (exact) mass is 408 g/mol. The molecule has 3 heterocycles. The number of hydrogen-bond acceptors (Lipinski definition) is 5. The van der Waals surface area contributed by atoms with Gasteiger partial charge in [0.1, 0.15) is 16.9 Å². The van der Waals surface area contributed by atoms with Crippen LogP contribution in [-0.2, 0) is 16.1 Å². The van der Waals surface area contributed by atoms with Crippen LogP contribution in [-0.4, -0.2) is 47.4 Å². The van der Waals surface area contributed by atoms with Crippen LogP contribution in [0.15, 0.2) is 53.1 Å². The number of aromatic nitrogens is 2.